The number of aromatic nitrogens is 2. The van der Waals surface area contributed by atoms with Crippen LogP contribution in [0.2, 0.25) is 0 Å². The summed E-state index contributed by atoms with van der Waals surface area (Å²) in [7, 11) is 0. The van der Waals surface area contributed by atoms with Gasteiger partial charge in [0.15, 0.2) is 0 Å². The van der Waals surface area contributed by atoms with Gasteiger partial charge in [-0.2, -0.15) is 0 Å². The Kier molecular flexibility index (Phi) is 4.61. The van der Waals surface area contributed by atoms with Gasteiger partial charge >= 0.3 is 0 Å². The van der Waals surface area contributed by atoms with Gasteiger partial charge in [-0.25, -0.2) is 4.98 Å². The number of rotatable bonds is 4. The van der Waals surface area contributed by atoms with E-state index in [9.17, 15) is 4.79 Å². The van der Waals surface area contributed by atoms with Gasteiger partial charge in [0.25, 0.3) is 5.91 Å². The summed E-state index contributed by atoms with van der Waals surface area (Å²) in [5.74, 6) is 1.77. The van der Waals surface area contributed by atoms with E-state index >= 15 is 0 Å². The molecule has 1 atom stereocenters. The van der Waals surface area contributed by atoms with Crippen LogP contribution in [0.25, 0.3) is 5.65 Å². The summed E-state index contributed by atoms with van der Waals surface area (Å²) in [5.41, 5.74) is 1.46. The maximum atomic E-state index is 12.9. The fourth-order valence-electron chi connectivity index (χ4n) is 4.36. The zero-order chi connectivity index (χ0) is 18.3. The molecule has 2 aromatic rings. The maximum Gasteiger partial charge on any atom is 0.272 e. The van der Waals surface area contributed by atoms with E-state index in [0.29, 0.717) is 17.7 Å². The Morgan fingerprint density at radius 1 is 1.33 bits per heavy atom. The Hall–Kier alpha value is -1.57. The molecule has 0 unspecified atom stereocenters. The molecule has 1 amide bonds. The lowest BCUT2D eigenvalue weighted by molar-refractivity contribution is -0.0119. The number of amides is 1. The summed E-state index contributed by atoms with van der Waals surface area (Å²) in [6.07, 6.45) is 7.20. The highest BCUT2D eigenvalue weighted by Crippen LogP contribution is 2.46. The van der Waals surface area contributed by atoms with Crippen molar-refractivity contribution in [2.24, 2.45) is 5.92 Å². The van der Waals surface area contributed by atoms with Crippen molar-refractivity contribution in [3.05, 3.63) is 36.3 Å². The molecule has 1 spiro atoms. The largest absolute Gasteiger partial charge is 0.381 e. The molecular formula is C20H25N3O3S. The van der Waals surface area contributed by atoms with Crippen LogP contribution in [0.3, 0.4) is 0 Å². The van der Waals surface area contributed by atoms with Gasteiger partial charge in [-0.05, 0) is 37.3 Å². The van der Waals surface area contributed by atoms with Crippen LogP contribution in [0.1, 0.15) is 29.8 Å². The first-order valence-electron chi connectivity index (χ1n) is 9.77. The summed E-state index contributed by atoms with van der Waals surface area (Å²) in [5, 5.41) is 0. The normalized spacial score (nSPS) is 25.2. The number of imidazole rings is 1. The van der Waals surface area contributed by atoms with E-state index < -0.39 is 0 Å². The highest BCUT2D eigenvalue weighted by molar-refractivity contribution is 8.01. The van der Waals surface area contributed by atoms with Gasteiger partial charge < -0.3 is 14.4 Å². The van der Waals surface area contributed by atoms with Crippen LogP contribution >= 0.6 is 11.8 Å². The van der Waals surface area contributed by atoms with Crippen LogP contribution in [0.4, 0.5) is 0 Å². The average molecular weight is 388 g/mol. The van der Waals surface area contributed by atoms with Crippen LogP contribution in [0, 0.1) is 5.92 Å². The molecular weight excluding hydrogens is 362 g/mol. The summed E-state index contributed by atoms with van der Waals surface area (Å²) >= 11 is 1.98. The third-order valence-electron chi connectivity index (χ3n) is 5.96. The molecule has 0 N–H and O–H groups in total. The molecule has 3 aliphatic rings. The lowest BCUT2D eigenvalue weighted by atomic mass is 9.92. The van der Waals surface area contributed by atoms with Gasteiger partial charge in [-0.1, -0.05) is 6.07 Å². The average Bonchev–Trinajstić information content (AvgIpc) is 3.30. The monoisotopic (exact) mass is 387 g/mol. The number of nitrogens with zero attached hydrogens (tertiary/aromatic N) is 3. The lowest BCUT2D eigenvalue weighted by Crippen LogP contribution is -2.60. The smallest absolute Gasteiger partial charge is 0.272 e. The number of ether oxygens (including phenoxy) is 2. The molecule has 0 aliphatic carbocycles. The topological polar surface area (TPSA) is 56.1 Å². The Labute approximate surface area is 163 Å². The first-order chi connectivity index (χ1) is 13.2. The zero-order valence-electron chi connectivity index (χ0n) is 15.4. The number of carbonyl (C=O) groups excluding carboxylic acids is 1. The second-order valence-electron chi connectivity index (χ2n) is 7.94. The molecule has 3 fully saturated rings. The van der Waals surface area contributed by atoms with Crippen molar-refractivity contribution in [2.75, 3.05) is 38.7 Å². The summed E-state index contributed by atoms with van der Waals surface area (Å²) in [6.45, 7) is 4.23. The quantitative estimate of drug-likeness (QED) is 0.807. The van der Waals surface area contributed by atoms with Crippen molar-refractivity contribution in [3.8, 4) is 0 Å². The molecule has 144 valence electrons. The number of hydrogen-bond acceptors (Lipinski definition) is 5. The third kappa shape index (κ3) is 3.37. The third-order valence-corrected chi connectivity index (χ3v) is 7.54. The minimum absolute atomic E-state index is 0.0755. The summed E-state index contributed by atoms with van der Waals surface area (Å²) in [4.78, 5) is 19.1. The van der Waals surface area contributed by atoms with E-state index in [1.54, 1.807) is 6.20 Å². The van der Waals surface area contributed by atoms with Crippen molar-refractivity contribution < 1.29 is 14.3 Å². The van der Waals surface area contributed by atoms with Gasteiger partial charge in [0.2, 0.25) is 0 Å². The van der Waals surface area contributed by atoms with E-state index in [0.717, 1.165) is 63.6 Å². The molecule has 6 nitrogen and oxygen atoms in total. The van der Waals surface area contributed by atoms with Crippen LogP contribution in [0.5, 0.6) is 0 Å². The summed E-state index contributed by atoms with van der Waals surface area (Å²) < 4.78 is 13.7. The number of carbonyl (C=O) groups is 1. The number of fused-ring (bicyclic) bond motifs is 1. The molecule has 0 radical (unpaired) electrons. The number of likely N-dealkylation sites (tertiary alicyclic amines) is 1. The van der Waals surface area contributed by atoms with Gasteiger partial charge in [-0.15, -0.1) is 11.8 Å². The van der Waals surface area contributed by atoms with Crippen molar-refractivity contribution in [3.63, 3.8) is 0 Å². The van der Waals surface area contributed by atoms with Crippen molar-refractivity contribution >= 4 is 23.3 Å². The zero-order valence-corrected chi connectivity index (χ0v) is 16.2. The highest BCUT2D eigenvalue weighted by Gasteiger charge is 2.51. The number of thioether (sulfide) groups is 1. The maximum absolute atomic E-state index is 12.9. The van der Waals surface area contributed by atoms with Crippen molar-refractivity contribution in [1.29, 1.82) is 0 Å². The molecule has 2 aromatic heterocycles. The Bertz CT molecular complexity index is 827. The Balaban J connectivity index is 1.15. The Morgan fingerprint density at radius 2 is 2.19 bits per heavy atom. The predicted octanol–water partition coefficient (Wildman–Crippen LogP) is 2.48. The van der Waals surface area contributed by atoms with Gasteiger partial charge in [0.05, 0.1) is 17.0 Å². The standard InChI is InChI=1S/C20H25N3O3S/c24-19(17-10-21-18-3-1-2-6-23(17)18)22-13-20(14-22)9-16(12-27-20)26-11-15-4-7-25-8-5-15/h1-3,6,10,15-16H,4-5,7-9,11-14H2/t16-/m1/s1. The minimum atomic E-state index is 0.0755. The second-order valence-corrected chi connectivity index (χ2v) is 9.43. The van der Waals surface area contributed by atoms with Crippen LogP contribution in [0.15, 0.2) is 30.6 Å². The highest BCUT2D eigenvalue weighted by atomic mass is 32.2. The lowest BCUT2D eigenvalue weighted by Gasteiger charge is -2.47. The minimum Gasteiger partial charge on any atom is -0.381 e. The van der Waals surface area contributed by atoms with Crippen molar-refractivity contribution in [1.82, 2.24) is 14.3 Å². The van der Waals surface area contributed by atoms with E-state index in [-0.39, 0.29) is 10.7 Å². The molecule has 0 aromatic carbocycles. The fraction of sp³-hybridized carbons (Fsp3) is 0.600. The van der Waals surface area contributed by atoms with Gasteiger partial charge in [0, 0.05) is 44.9 Å². The predicted molar refractivity (Wildman–Crippen MR) is 104 cm³/mol. The van der Waals surface area contributed by atoms with Gasteiger partial charge in [0.1, 0.15) is 11.3 Å². The van der Waals surface area contributed by atoms with Crippen molar-refractivity contribution in [2.45, 2.75) is 30.1 Å². The molecule has 0 saturated carbocycles. The molecule has 3 saturated heterocycles. The summed E-state index contributed by atoms with van der Waals surface area (Å²) in [6, 6.07) is 5.78. The molecule has 0 bridgehead atoms. The molecule has 3 aliphatic heterocycles. The van der Waals surface area contributed by atoms with E-state index in [1.807, 2.05) is 45.5 Å². The first-order valence-corrected chi connectivity index (χ1v) is 10.8. The van der Waals surface area contributed by atoms with Gasteiger partial charge in [-0.3, -0.25) is 9.20 Å². The number of pyridine rings is 1. The number of hydrogen-bond donors (Lipinski definition) is 0. The van der Waals surface area contributed by atoms with E-state index in [2.05, 4.69) is 4.98 Å². The first kappa shape index (κ1) is 17.5. The molecule has 5 rings (SSSR count). The molecule has 7 heteroatoms. The van der Waals surface area contributed by atoms with Crippen LogP contribution in [-0.2, 0) is 9.47 Å². The van der Waals surface area contributed by atoms with Crippen LogP contribution in [-0.4, -0.2) is 69.7 Å². The molecule has 5 heterocycles. The SMILES string of the molecule is O=C(c1cnc2ccccn12)N1CC2(C[C@@H](OCC3CCOCC3)CS2)C1. The Morgan fingerprint density at radius 3 is 3.04 bits per heavy atom. The van der Waals surface area contributed by atoms with E-state index in [1.165, 1.54) is 0 Å². The second kappa shape index (κ2) is 7.11. The fourth-order valence-corrected chi connectivity index (χ4v) is 5.91. The molecule has 27 heavy (non-hydrogen) atoms. The van der Waals surface area contributed by atoms with Crippen LogP contribution < -0.4 is 0 Å². The van der Waals surface area contributed by atoms with E-state index in [4.69, 9.17) is 9.47 Å².